The molecule has 12 aromatic carbocycles. The van der Waals surface area contributed by atoms with Crippen LogP contribution in [0, 0.1) is 0 Å². The Kier molecular flexibility index (Phi) is 12.9. The Morgan fingerprint density at radius 1 is 0.215 bits per heavy atom. The van der Waals surface area contributed by atoms with Crippen molar-refractivity contribution in [2.45, 2.75) is 23.9 Å². The van der Waals surface area contributed by atoms with E-state index in [0.29, 0.717) is 0 Å². The molecular formula is C76H60N2Si. The molecule has 1 heterocycles. The number of anilines is 6. The van der Waals surface area contributed by atoms with Crippen LogP contribution in [0.5, 0.6) is 0 Å². The highest BCUT2D eigenvalue weighted by atomic mass is 28.3. The van der Waals surface area contributed by atoms with Gasteiger partial charge in [0.25, 0.3) is 0 Å². The lowest BCUT2D eigenvalue weighted by Crippen LogP contribution is -2.49. The number of para-hydroxylation sites is 2. The van der Waals surface area contributed by atoms with Gasteiger partial charge < -0.3 is 9.80 Å². The molecule has 0 saturated carbocycles. The molecule has 1 aliphatic heterocycles. The van der Waals surface area contributed by atoms with Crippen molar-refractivity contribution >= 4 is 52.6 Å². The zero-order valence-electron chi connectivity index (χ0n) is 44.6. The summed E-state index contributed by atoms with van der Waals surface area (Å²) in [4.78, 5) is 4.86. The molecule has 79 heavy (non-hydrogen) atoms. The van der Waals surface area contributed by atoms with Crippen LogP contribution in [0.3, 0.4) is 0 Å². The molecule has 3 heteroatoms. The maximum atomic E-state index is 2.53. The summed E-state index contributed by atoms with van der Waals surface area (Å²) in [7, 11) is -2.29. The van der Waals surface area contributed by atoms with Crippen LogP contribution >= 0.6 is 0 Å². The van der Waals surface area contributed by atoms with Gasteiger partial charge in [-0.1, -0.05) is 268 Å². The van der Waals surface area contributed by atoms with Gasteiger partial charge in [-0.25, -0.2) is 0 Å². The Labute approximate surface area is 466 Å². The Morgan fingerprint density at radius 2 is 0.418 bits per heavy atom. The van der Waals surface area contributed by atoms with E-state index in [9.17, 15) is 0 Å². The summed E-state index contributed by atoms with van der Waals surface area (Å²) in [5.41, 5.74) is 18.1. The maximum Gasteiger partial charge on any atom is 0.114 e. The SMILES string of the molecule is C[Si]1(C)c2cc(N(c3ccccc3)c3ccc(C(c4ccccc4)(c4ccccc4)c4ccccc4)cc3)ccc2-c2ccc(N(c3ccccc3)c3ccc(C(c4ccccc4)(c4ccccc4)c4ccccc4)cc3)cc21. The number of nitrogens with zero attached hydrogens (tertiary/aromatic N) is 2. The van der Waals surface area contributed by atoms with Crippen LogP contribution in [0.4, 0.5) is 34.1 Å². The van der Waals surface area contributed by atoms with Gasteiger partial charge in [-0.3, -0.25) is 0 Å². The predicted molar refractivity (Wildman–Crippen MR) is 335 cm³/mol. The highest BCUT2D eigenvalue weighted by Gasteiger charge is 2.41. The van der Waals surface area contributed by atoms with E-state index >= 15 is 0 Å². The predicted octanol–water partition coefficient (Wildman–Crippen LogP) is 18.2. The van der Waals surface area contributed by atoms with E-state index in [-0.39, 0.29) is 0 Å². The second-order valence-electron chi connectivity index (χ2n) is 21.2. The third-order valence-electron chi connectivity index (χ3n) is 16.5. The van der Waals surface area contributed by atoms with E-state index in [1.54, 1.807) is 0 Å². The largest absolute Gasteiger partial charge is 0.311 e. The van der Waals surface area contributed by atoms with E-state index in [0.717, 1.165) is 34.1 Å². The summed E-state index contributed by atoms with van der Waals surface area (Å²) in [6, 6.07) is 121. The summed E-state index contributed by atoms with van der Waals surface area (Å²) in [6.45, 7) is 5.06. The molecule has 0 aliphatic carbocycles. The molecule has 1 aliphatic rings. The number of benzene rings is 12. The molecule has 0 atom stereocenters. The van der Waals surface area contributed by atoms with Crippen molar-refractivity contribution in [3.05, 3.63) is 372 Å². The summed E-state index contributed by atoms with van der Waals surface area (Å²) in [5.74, 6) is 0. The van der Waals surface area contributed by atoms with Crippen LogP contribution in [0.15, 0.2) is 328 Å². The lowest BCUT2D eigenvalue weighted by molar-refractivity contribution is 0.745. The summed E-state index contributed by atoms with van der Waals surface area (Å²) in [5, 5.41) is 2.89. The van der Waals surface area contributed by atoms with Crippen LogP contribution in [0.2, 0.25) is 13.1 Å². The fourth-order valence-electron chi connectivity index (χ4n) is 12.9. The van der Waals surface area contributed by atoms with Gasteiger partial charge in [0.05, 0.1) is 10.8 Å². The molecule has 0 unspecified atom stereocenters. The van der Waals surface area contributed by atoms with Gasteiger partial charge in [0, 0.05) is 34.1 Å². The molecule has 13 rings (SSSR count). The molecule has 0 aromatic heterocycles. The van der Waals surface area contributed by atoms with E-state index < -0.39 is 18.9 Å². The van der Waals surface area contributed by atoms with Gasteiger partial charge in [0.15, 0.2) is 0 Å². The zero-order chi connectivity index (χ0) is 53.2. The fourth-order valence-corrected chi connectivity index (χ4v) is 16.0. The smallest absolute Gasteiger partial charge is 0.114 e. The quantitative estimate of drug-likeness (QED) is 0.0791. The van der Waals surface area contributed by atoms with E-state index in [4.69, 9.17) is 0 Å². The van der Waals surface area contributed by atoms with Crippen LogP contribution in [0.25, 0.3) is 11.1 Å². The Bertz CT molecular complexity index is 3530. The molecule has 0 bridgehead atoms. The molecule has 12 aromatic rings. The fraction of sp³-hybridized carbons (Fsp3) is 0.0526. The molecule has 2 nitrogen and oxygen atoms in total. The topological polar surface area (TPSA) is 6.48 Å². The monoisotopic (exact) mass is 1030 g/mol. The average Bonchev–Trinajstić information content (AvgIpc) is 3.92. The minimum atomic E-state index is -2.29. The minimum absolute atomic E-state index is 0.535. The van der Waals surface area contributed by atoms with Gasteiger partial charge in [-0.15, -0.1) is 0 Å². The first-order valence-electron chi connectivity index (χ1n) is 27.5. The standard InChI is InChI=1S/C76H60N2Si/c1-79(2)73-55-69(77(65-39-23-9-24-40-65)67-47-43-63(44-48-67)75(57-27-11-3-12-28-57,58-29-13-4-14-30-58)59-31-15-5-16-32-59)51-53-71(73)72-54-52-70(56-74(72)79)78(66-41-25-10-26-42-66)68-49-45-64(46-50-68)76(60-33-17-6-18-34-60,61-35-19-7-20-36-61)62-37-21-8-22-38-62/h3-56H,1-2H3. The molecule has 0 radical (unpaired) electrons. The van der Waals surface area contributed by atoms with E-state index in [1.165, 1.54) is 66.0 Å². The van der Waals surface area contributed by atoms with Crippen molar-refractivity contribution in [3.8, 4) is 11.1 Å². The highest BCUT2D eigenvalue weighted by Crippen LogP contribution is 2.49. The lowest BCUT2D eigenvalue weighted by Gasteiger charge is -2.37. The number of hydrogen-bond donors (Lipinski definition) is 0. The second-order valence-corrected chi connectivity index (χ2v) is 25.5. The lowest BCUT2D eigenvalue weighted by atomic mass is 9.65. The van der Waals surface area contributed by atoms with Crippen molar-refractivity contribution in [3.63, 3.8) is 0 Å². The molecule has 0 fully saturated rings. The first kappa shape index (κ1) is 49.1. The van der Waals surface area contributed by atoms with Crippen LogP contribution in [0.1, 0.15) is 44.5 Å². The summed E-state index contributed by atoms with van der Waals surface area (Å²) < 4.78 is 0. The minimum Gasteiger partial charge on any atom is -0.311 e. The molecule has 0 amide bonds. The van der Waals surface area contributed by atoms with Crippen molar-refractivity contribution in [2.75, 3.05) is 9.80 Å². The van der Waals surface area contributed by atoms with Gasteiger partial charge in [-0.05, 0) is 139 Å². The molecule has 0 spiro atoms. The van der Waals surface area contributed by atoms with Crippen molar-refractivity contribution in [1.29, 1.82) is 0 Å². The molecular weight excluding hydrogens is 969 g/mol. The number of hydrogen-bond acceptors (Lipinski definition) is 2. The first-order valence-corrected chi connectivity index (χ1v) is 30.5. The molecule has 0 N–H and O–H groups in total. The third-order valence-corrected chi connectivity index (χ3v) is 20.1. The first-order chi connectivity index (χ1) is 39.0. The van der Waals surface area contributed by atoms with Crippen molar-refractivity contribution in [2.24, 2.45) is 0 Å². The Hall–Kier alpha value is -9.54. The van der Waals surface area contributed by atoms with Crippen molar-refractivity contribution in [1.82, 2.24) is 0 Å². The van der Waals surface area contributed by atoms with E-state index in [2.05, 4.69) is 350 Å². The summed E-state index contributed by atoms with van der Waals surface area (Å²) in [6.07, 6.45) is 0. The molecule has 0 saturated heterocycles. The van der Waals surface area contributed by atoms with Gasteiger partial charge in [0.2, 0.25) is 0 Å². The van der Waals surface area contributed by atoms with Crippen LogP contribution in [-0.2, 0) is 10.8 Å². The van der Waals surface area contributed by atoms with Crippen molar-refractivity contribution < 1.29 is 0 Å². The highest BCUT2D eigenvalue weighted by molar-refractivity contribution is 7.04. The zero-order valence-corrected chi connectivity index (χ0v) is 45.6. The second kappa shape index (κ2) is 20.8. The third kappa shape index (κ3) is 8.51. The summed E-state index contributed by atoms with van der Waals surface area (Å²) >= 11 is 0. The average molecular weight is 1030 g/mol. The normalized spacial score (nSPS) is 12.5. The van der Waals surface area contributed by atoms with E-state index in [1.807, 2.05) is 0 Å². The Balaban J connectivity index is 0.888. The molecule has 378 valence electrons. The Morgan fingerprint density at radius 3 is 0.671 bits per heavy atom. The maximum absolute atomic E-state index is 2.53. The van der Waals surface area contributed by atoms with Gasteiger partial charge in [-0.2, -0.15) is 0 Å². The number of fused-ring (bicyclic) bond motifs is 3. The van der Waals surface area contributed by atoms with Crippen LogP contribution < -0.4 is 20.2 Å². The van der Waals surface area contributed by atoms with Gasteiger partial charge >= 0.3 is 0 Å². The van der Waals surface area contributed by atoms with Crippen LogP contribution in [-0.4, -0.2) is 8.07 Å². The number of rotatable bonds is 14. The van der Waals surface area contributed by atoms with Gasteiger partial charge in [0.1, 0.15) is 8.07 Å².